The van der Waals surface area contributed by atoms with Gasteiger partial charge in [-0.25, -0.2) is 8.78 Å². The quantitative estimate of drug-likeness (QED) is 0.323. The highest BCUT2D eigenvalue weighted by molar-refractivity contribution is 9.10. The van der Waals surface area contributed by atoms with Gasteiger partial charge in [0, 0.05) is 28.6 Å². The van der Waals surface area contributed by atoms with Crippen molar-refractivity contribution in [1.29, 1.82) is 0 Å². The first-order valence-electron chi connectivity index (χ1n) is 13.0. The lowest BCUT2D eigenvalue weighted by atomic mass is 9.87. The molecule has 2 aliphatic rings. The molecule has 1 fully saturated rings. The Bertz CT molecular complexity index is 1230. The Kier molecular flexibility index (Phi) is 8.98. The van der Waals surface area contributed by atoms with Crippen LogP contribution < -0.4 is 5.32 Å². The summed E-state index contributed by atoms with van der Waals surface area (Å²) in [7, 11) is 0. The number of nitrogens with zero attached hydrogens (tertiary/aromatic N) is 1. The van der Waals surface area contributed by atoms with Gasteiger partial charge < -0.3 is 15.5 Å². The Morgan fingerprint density at radius 2 is 1.95 bits per heavy atom. The van der Waals surface area contributed by atoms with E-state index in [2.05, 4.69) is 26.2 Å². The van der Waals surface area contributed by atoms with Crippen LogP contribution in [0.25, 0.3) is 0 Å². The number of aromatic hydroxyl groups is 1. The summed E-state index contributed by atoms with van der Waals surface area (Å²) in [6.45, 7) is 2.13. The van der Waals surface area contributed by atoms with Crippen LogP contribution in [0.3, 0.4) is 0 Å². The lowest BCUT2D eigenvalue weighted by Gasteiger charge is -2.20. The molecule has 204 valence electrons. The molecule has 1 heterocycles. The van der Waals surface area contributed by atoms with E-state index in [0.717, 1.165) is 16.8 Å². The summed E-state index contributed by atoms with van der Waals surface area (Å²) in [5, 5.41) is 22.4. The molecule has 0 aromatic heterocycles. The third kappa shape index (κ3) is 6.86. The highest BCUT2D eigenvalue weighted by Crippen LogP contribution is 2.53. The summed E-state index contributed by atoms with van der Waals surface area (Å²) in [5.74, 6) is -0.852. The average Bonchev–Trinajstić information content (AvgIpc) is 3.69. The fourth-order valence-electron chi connectivity index (χ4n) is 5.05. The van der Waals surface area contributed by atoms with Gasteiger partial charge in [-0.1, -0.05) is 28.9 Å². The zero-order chi connectivity index (χ0) is 27.4. The van der Waals surface area contributed by atoms with E-state index >= 15 is 0 Å². The summed E-state index contributed by atoms with van der Waals surface area (Å²) >= 11 is 3.44. The summed E-state index contributed by atoms with van der Waals surface area (Å²) in [4.78, 5) is 29.9. The fraction of sp³-hybridized carbons (Fsp3) is 0.483. The molecule has 0 spiro atoms. The first-order chi connectivity index (χ1) is 18.1. The standard InChI is InChI=1S/C29H33BrF2N2O4/c1-2-18(19-10-21(14-22(30)11-19)29(5-6-29)28(31)32)12-26(37)16-34-27(38)20-7-17(9-25(36)13-20)8-23-3-4-24(35)15-33-23/h7,9-11,13-14,18,24,28,35-36H,2-6,8,12,15-16H2,1H3,(H,34,38)/t18-,24?/m1/s1. The van der Waals surface area contributed by atoms with Gasteiger partial charge in [-0.2, -0.15) is 0 Å². The van der Waals surface area contributed by atoms with Crippen molar-refractivity contribution in [3.8, 4) is 5.75 Å². The maximum Gasteiger partial charge on any atom is 0.251 e. The van der Waals surface area contributed by atoms with E-state index < -0.39 is 23.9 Å². The highest BCUT2D eigenvalue weighted by atomic mass is 79.9. The number of carbonyl (C=O) groups excluding carboxylic acids is 2. The minimum atomic E-state index is -2.43. The third-order valence-corrected chi connectivity index (χ3v) is 7.98. The van der Waals surface area contributed by atoms with Crippen LogP contribution in [-0.2, 0) is 16.6 Å². The predicted octanol–water partition coefficient (Wildman–Crippen LogP) is 5.47. The molecule has 0 saturated heterocycles. The van der Waals surface area contributed by atoms with Crippen LogP contribution in [0.5, 0.6) is 5.75 Å². The SMILES string of the molecule is CC[C@H](CC(=O)CNC(=O)c1cc(O)cc(CC2=NCC(O)CC2)c1)c1cc(Br)cc(C2(C(F)F)CC2)c1. The molecule has 6 nitrogen and oxygen atoms in total. The molecule has 1 saturated carbocycles. The lowest BCUT2D eigenvalue weighted by molar-refractivity contribution is -0.118. The van der Waals surface area contributed by atoms with Crippen LogP contribution in [-0.4, -0.2) is 53.2 Å². The van der Waals surface area contributed by atoms with Gasteiger partial charge in [-0.3, -0.25) is 14.6 Å². The number of phenols is 1. The molecule has 0 bridgehead atoms. The number of aliphatic hydroxyl groups excluding tert-OH is 1. The van der Waals surface area contributed by atoms with E-state index in [4.69, 9.17) is 0 Å². The molecule has 1 unspecified atom stereocenters. The number of ketones is 1. The van der Waals surface area contributed by atoms with E-state index in [1.54, 1.807) is 24.3 Å². The summed E-state index contributed by atoms with van der Waals surface area (Å²) in [5.41, 5.74) is 2.23. The zero-order valence-corrected chi connectivity index (χ0v) is 22.9. The van der Waals surface area contributed by atoms with Gasteiger partial charge >= 0.3 is 0 Å². The maximum atomic E-state index is 13.7. The van der Waals surface area contributed by atoms with E-state index in [9.17, 15) is 28.6 Å². The number of halogens is 3. The Labute approximate surface area is 229 Å². The number of phenolic OH excluding ortho intramolecular Hbond substituents is 1. The summed E-state index contributed by atoms with van der Waals surface area (Å²) in [6.07, 6.45) is 0.648. The minimum absolute atomic E-state index is 0.0517. The van der Waals surface area contributed by atoms with Crippen molar-refractivity contribution >= 4 is 33.3 Å². The number of aliphatic hydroxyl groups is 1. The number of amides is 1. The number of nitrogens with one attached hydrogen (secondary N) is 1. The smallest absolute Gasteiger partial charge is 0.251 e. The van der Waals surface area contributed by atoms with Gasteiger partial charge in [0.05, 0.1) is 24.6 Å². The van der Waals surface area contributed by atoms with Gasteiger partial charge in [0.15, 0.2) is 5.78 Å². The van der Waals surface area contributed by atoms with Crippen LogP contribution in [0, 0.1) is 0 Å². The molecule has 1 amide bonds. The van der Waals surface area contributed by atoms with Crippen molar-refractivity contribution in [3.63, 3.8) is 0 Å². The maximum absolute atomic E-state index is 13.7. The summed E-state index contributed by atoms with van der Waals surface area (Å²) < 4.78 is 28.1. The number of benzene rings is 2. The molecule has 9 heteroatoms. The van der Waals surface area contributed by atoms with Gasteiger partial charge in [-0.05, 0) is 85.0 Å². The molecule has 4 rings (SSSR count). The fourth-order valence-corrected chi connectivity index (χ4v) is 5.56. The molecule has 1 aliphatic heterocycles. The second-order valence-electron chi connectivity index (χ2n) is 10.4. The van der Waals surface area contributed by atoms with E-state index in [1.807, 2.05) is 13.0 Å². The first kappa shape index (κ1) is 28.4. The van der Waals surface area contributed by atoms with Crippen molar-refractivity contribution < 1.29 is 28.6 Å². The molecule has 0 radical (unpaired) electrons. The van der Waals surface area contributed by atoms with Crippen molar-refractivity contribution in [2.24, 2.45) is 4.99 Å². The monoisotopic (exact) mass is 590 g/mol. The van der Waals surface area contributed by atoms with Crippen molar-refractivity contribution in [2.75, 3.05) is 13.1 Å². The lowest BCUT2D eigenvalue weighted by Crippen LogP contribution is -2.30. The average molecular weight is 591 g/mol. The number of hydrogen-bond acceptors (Lipinski definition) is 5. The second kappa shape index (κ2) is 12.0. The Morgan fingerprint density at radius 3 is 2.58 bits per heavy atom. The van der Waals surface area contributed by atoms with Crippen molar-refractivity contribution in [3.05, 3.63) is 63.1 Å². The van der Waals surface area contributed by atoms with Crippen LogP contribution >= 0.6 is 15.9 Å². The van der Waals surface area contributed by atoms with E-state index in [-0.39, 0.29) is 36.0 Å². The van der Waals surface area contributed by atoms with Gasteiger partial charge in [-0.15, -0.1) is 0 Å². The molecular formula is C29H33BrF2N2O4. The Morgan fingerprint density at radius 1 is 1.18 bits per heavy atom. The number of alkyl halides is 2. The van der Waals surface area contributed by atoms with Crippen molar-refractivity contribution in [2.45, 2.75) is 75.7 Å². The molecule has 2 atom stereocenters. The largest absolute Gasteiger partial charge is 0.508 e. The normalized spacial score (nSPS) is 19.1. The minimum Gasteiger partial charge on any atom is -0.508 e. The van der Waals surface area contributed by atoms with Crippen LogP contribution in [0.4, 0.5) is 8.78 Å². The number of rotatable bonds is 11. The predicted molar refractivity (Wildman–Crippen MR) is 145 cm³/mol. The topological polar surface area (TPSA) is 99.0 Å². The zero-order valence-electron chi connectivity index (χ0n) is 21.4. The molecule has 3 N–H and O–H groups in total. The van der Waals surface area contributed by atoms with Crippen molar-refractivity contribution in [1.82, 2.24) is 5.32 Å². The second-order valence-corrected chi connectivity index (χ2v) is 11.3. The van der Waals surface area contributed by atoms with E-state index in [1.165, 1.54) is 6.07 Å². The third-order valence-electron chi connectivity index (χ3n) is 7.53. The van der Waals surface area contributed by atoms with Crippen LogP contribution in [0.2, 0.25) is 0 Å². The van der Waals surface area contributed by atoms with E-state index in [0.29, 0.717) is 55.1 Å². The number of hydrogen-bond donors (Lipinski definition) is 3. The van der Waals surface area contributed by atoms with Crippen LogP contribution in [0.1, 0.15) is 78.4 Å². The Balaban J connectivity index is 1.37. The highest BCUT2D eigenvalue weighted by Gasteiger charge is 2.52. The molecule has 38 heavy (non-hydrogen) atoms. The van der Waals surface area contributed by atoms with Gasteiger partial charge in [0.2, 0.25) is 6.43 Å². The molecule has 2 aromatic rings. The first-order valence-corrected chi connectivity index (χ1v) is 13.8. The van der Waals surface area contributed by atoms with Gasteiger partial charge in [0.1, 0.15) is 5.75 Å². The number of carbonyl (C=O) groups is 2. The molecular weight excluding hydrogens is 558 g/mol. The number of Topliss-reactive ketones (excluding diaryl/α,β-unsaturated/α-hetero) is 1. The van der Waals surface area contributed by atoms with Crippen LogP contribution in [0.15, 0.2) is 45.9 Å². The number of aliphatic imine (C=N–C) groups is 1. The molecule has 2 aromatic carbocycles. The summed E-state index contributed by atoms with van der Waals surface area (Å²) in [6, 6.07) is 10.0. The van der Waals surface area contributed by atoms with Gasteiger partial charge in [0.25, 0.3) is 5.91 Å². The Hall–Kier alpha value is -2.65. The molecule has 1 aliphatic carbocycles.